The van der Waals surface area contributed by atoms with Gasteiger partial charge in [0.1, 0.15) is 0 Å². The summed E-state index contributed by atoms with van der Waals surface area (Å²) in [6, 6.07) is 0. The van der Waals surface area contributed by atoms with Crippen LogP contribution in [0.15, 0.2) is 0 Å². The summed E-state index contributed by atoms with van der Waals surface area (Å²) in [6.45, 7) is 1.01. The van der Waals surface area contributed by atoms with Crippen molar-refractivity contribution < 1.29 is 19.4 Å². The molecule has 0 unspecified atom stereocenters. The molecule has 2 N–H and O–H groups in total. The molecule has 0 bridgehead atoms. The number of aliphatic carboxylic acids is 1. The minimum absolute atomic E-state index is 0.146. The topological polar surface area (TPSA) is 75.6 Å². The number of carboxylic acid groups (broad SMARTS) is 1. The van der Waals surface area contributed by atoms with Crippen LogP contribution in [-0.4, -0.2) is 36.2 Å². The molecule has 2 rings (SSSR count). The van der Waals surface area contributed by atoms with Gasteiger partial charge in [0.25, 0.3) is 0 Å². The first-order valence-corrected chi connectivity index (χ1v) is 6.30. The number of carboxylic acids is 1. The smallest absolute Gasteiger partial charge is 0.307 e. The second-order valence-corrected chi connectivity index (χ2v) is 4.86. The lowest BCUT2D eigenvalue weighted by Crippen LogP contribution is -2.30. The summed E-state index contributed by atoms with van der Waals surface area (Å²) >= 11 is 0. The predicted octanol–water partition coefficient (Wildman–Crippen LogP) is 0.782. The fourth-order valence-electron chi connectivity index (χ4n) is 2.34. The number of carbonyl (C=O) groups is 2. The van der Waals surface area contributed by atoms with Crippen LogP contribution in [0, 0.1) is 11.8 Å². The van der Waals surface area contributed by atoms with Gasteiger partial charge in [0, 0.05) is 6.54 Å². The Morgan fingerprint density at radius 2 is 1.94 bits per heavy atom. The van der Waals surface area contributed by atoms with Crippen LogP contribution in [0.25, 0.3) is 0 Å². The molecule has 0 aromatic rings. The number of amides is 1. The van der Waals surface area contributed by atoms with Gasteiger partial charge in [-0.2, -0.15) is 0 Å². The lowest BCUT2D eigenvalue weighted by Gasteiger charge is -2.11. The number of hydrogen-bond donors (Lipinski definition) is 2. The Bertz CT molecular complexity index is 299. The quantitative estimate of drug-likeness (QED) is 0.674. The molecule has 0 saturated heterocycles. The summed E-state index contributed by atoms with van der Waals surface area (Å²) in [7, 11) is 0. The predicted molar refractivity (Wildman–Crippen MR) is 60.5 cm³/mol. The standard InChI is InChI=1S/C12H19NO4/c14-11(9-7-10(9)12(15)16)13-5-6-17-8-3-1-2-4-8/h8-10H,1-7H2,(H,13,14)(H,15,16)/t9-,10+/m0/s1. The maximum atomic E-state index is 11.5. The van der Waals surface area contributed by atoms with E-state index >= 15 is 0 Å². The van der Waals surface area contributed by atoms with Crippen LogP contribution in [0.2, 0.25) is 0 Å². The van der Waals surface area contributed by atoms with Crippen molar-refractivity contribution in [2.45, 2.75) is 38.2 Å². The van der Waals surface area contributed by atoms with Gasteiger partial charge in [-0.05, 0) is 19.3 Å². The molecule has 0 heterocycles. The van der Waals surface area contributed by atoms with E-state index in [0.29, 0.717) is 25.7 Å². The van der Waals surface area contributed by atoms with Crippen LogP contribution >= 0.6 is 0 Å². The molecule has 5 nitrogen and oxygen atoms in total. The van der Waals surface area contributed by atoms with Crippen molar-refractivity contribution >= 4 is 11.9 Å². The van der Waals surface area contributed by atoms with Crippen molar-refractivity contribution in [3.05, 3.63) is 0 Å². The second-order valence-electron chi connectivity index (χ2n) is 4.86. The molecule has 0 aliphatic heterocycles. The lowest BCUT2D eigenvalue weighted by molar-refractivity contribution is -0.140. The Morgan fingerprint density at radius 1 is 1.24 bits per heavy atom. The van der Waals surface area contributed by atoms with E-state index in [1.165, 1.54) is 12.8 Å². The number of hydrogen-bond acceptors (Lipinski definition) is 3. The fourth-order valence-corrected chi connectivity index (χ4v) is 2.34. The van der Waals surface area contributed by atoms with Crippen molar-refractivity contribution in [2.75, 3.05) is 13.2 Å². The van der Waals surface area contributed by atoms with E-state index in [9.17, 15) is 9.59 Å². The molecular weight excluding hydrogens is 222 g/mol. The van der Waals surface area contributed by atoms with Crippen LogP contribution in [0.1, 0.15) is 32.1 Å². The molecule has 0 aromatic heterocycles. The Kier molecular flexibility index (Phi) is 3.99. The monoisotopic (exact) mass is 241 g/mol. The molecule has 2 aliphatic carbocycles. The zero-order valence-electron chi connectivity index (χ0n) is 9.85. The zero-order chi connectivity index (χ0) is 12.3. The van der Waals surface area contributed by atoms with E-state index in [0.717, 1.165) is 12.8 Å². The molecule has 2 saturated carbocycles. The van der Waals surface area contributed by atoms with Crippen LogP contribution < -0.4 is 5.32 Å². The molecule has 17 heavy (non-hydrogen) atoms. The van der Waals surface area contributed by atoms with E-state index in [4.69, 9.17) is 9.84 Å². The van der Waals surface area contributed by atoms with Gasteiger partial charge in [0.2, 0.25) is 5.91 Å². The third-order valence-corrected chi connectivity index (χ3v) is 3.50. The van der Waals surface area contributed by atoms with Crippen LogP contribution in [0.3, 0.4) is 0 Å². The average molecular weight is 241 g/mol. The maximum Gasteiger partial charge on any atom is 0.307 e. The summed E-state index contributed by atoms with van der Waals surface area (Å²) in [4.78, 5) is 22.1. The first-order valence-electron chi connectivity index (χ1n) is 6.30. The van der Waals surface area contributed by atoms with Crippen LogP contribution in [0.5, 0.6) is 0 Å². The van der Waals surface area contributed by atoms with Crippen molar-refractivity contribution in [2.24, 2.45) is 11.8 Å². The summed E-state index contributed by atoms with van der Waals surface area (Å²) < 4.78 is 5.60. The van der Waals surface area contributed by atoms with Gasteiger partial charge in [-0.15, -0.1) is 0 Å². The van der Waals surface area contributed by atoms with Crippen molar-refractivity contribution in [3.63, 3.8) is 0 Å². The molecule has 0 aromatic carbocycles. The molecule has 96 valence electrons. The Labute approximate surface area is 101 Å². The molecule has 2 aliphatic rings. The molecule has 0 spiro atoms. The van der Waals surface area contributed by atoms with E-state index in [1.54, 1.807) is 0 Å². The molecule has 2 fully saturated rings. The van der Waals surface area contributed by atoms with Crippen LogP contribution in [-0.2, 0) is 14.3 Å². The van der Waals surface area contributed by atoms with E-state index in [1.807, 2.05) is 0 Å². The molecule has 5 heteroatoms. The Balaban J connectivity index is 1.53. The number of rotatable bonds is 6. The number of carbonyl (C=O) groups excluding carboxylic acids is 1. The van der Waals surface area contributed by atoms with Gasteiger partial charge in [-0.3, -0.25) is 9.59 Å². The van der Waals surface area contributed by atoms with E-state index in [2.05, 4.69) is 5.32 Å². The molecule has 1 amide bonds. The third kappa shape index (κ3) is 3.43. The highest BCUT2D eigenvalue weighted by atomic mass is 16.5. The largest absolute Gasteiger partial charge is 0.481 e. The minimum atomic E-state index is -0.868. The fraction of sp³-hybridized carbons (Fsp3) is 0.833. The van der Waals surface area contributed by atoms with Gasteiger partial charge in [0.05, 0.1) is 24.5 Å². The molecule has 0 radical (unpaired) electrons. The number of nitrogens with one attached hydrogen (secondary N) is 1. The number of ether oxygens (including phenoxy) is 1. The Hall–Kier alpha value is -1.10. The van der Waals surface area contributed by atoms with Crippen molar-refractivity contribution in [1.82, 2.24) is 5.32 Å². The van der Waals surface area contributed by atoms with Gasteiger partial charge in [-0.25, -0.2) is 0 Å². The highest BCUT2D eigenvalue weighted by Gasteiger charge is 2.48. The highest BCUT2D eigenvalue weighted by molar-refractivity contribution is 5.89. The average Bonchev–Trinajstić information content (AvgIpc) is 2.95. The maximum absolute atomic E-state index is 11.5. The van der Waals surface area contributed by atoms with Gasteiger partial charge in [0.15, 0.2) is 0 Å². The van der Waals surface area contributed by atoms with Crippen molar-refractivity contribution in [3.8, 4) is 0 Å². The highest BCUT2D eigenvalue weighted by Crippen LogP contribution is 2.38. The third-order valence-electron chi connectivity index (χ3n) is 3.50. The van der Waals surface area contributed by atoms with Gasteiger partial charge >= 0.3 is 5.97 Å². The van der Waals surface area contributed by atoms with Crippen molar-refractivity contribution in [1.29, 1.82) is 0 Å². The summed E-state index contributed by atoms with van der Waals surface area (Å²) in [5.74, 6) is -1.80. The molecule has 2 atom stereocenters. The van der Waals surface area contributed by atoms with E-state index < -0.39 is 11.9 Å². The summed E-state index contributed by atoms with van der Waals surface area (Å²) in [5.41, 5.74) is 0. The normalized spacial score (nSPS) is 28.0. The summed E-state index contributed by atoms with van der Waals surface area (Å²) in [5, 5.41) is 11.4. The lowest BCUT2D eigenvalue weighted by atomic mass is 10.3. The first-order chi connectivity index (χ1) is 8.18. The van der Waals surface area contributed by atoms with Gasteiger partial charge < -0.3 is 15.2 Å². The Morgan fingerprint density at radius 3 is 2.53 bits per heavy atom. The summed E-state index contributed by atoms with van der Waals surface area (Å²) in [6.07, 6.45) is 5.55. The minimum Gasteiger partial charge on any atom is -0.481 e. The SMILES string of the molecule is O=C(NCCOC1CCCC1)[C@H]1C[C@H]1C(=O)O. The molecular formula is C12H19NO4. The van der Waals surface area contributed by atoms with Gasteiger partial charge in [-0.1, -0.05) is 12.8 Å². The van der Waals surface area contributed by atoms with E-state index in [-0.39, 0.29) is 11.8 Å². The second kappa shape index (κ2) is 5.49. The first kappa shape index (κ1) is 12.4. The zero-order valence-corrected chi connectivity index (χ0v) is 9.85. The van der Waals surface area contributed by atoms with Crippen LogP contribution in [0.4, 0.5) is 0 Å².